The van der Waals surface area contributed by atoms with Gasteiger partial charge in [-0.05, 0) is 32.2 Å². The number of piperidine rings is 1. The zero-order valence-electron chi connectivity index (χ0n) is 9.22. The van der Waals surface area contributed by atoms with Crippen LogP contribution in [0.15, 0.2) is 10.9 Å². The number of thiazole rings is 1. The molecule has 3 nitrogen and oxygen atoms in total. The van der Waals surface area contributed by atoms with Crippen molar-refractivity contribution >= 4 is 11.3 Å². The van der Waals surface area contributed by atoms with E-state index in [4.69, 9.17) is 5.73 Å². The van der Waals surface area contributed by atoms with E-state index in [0.717, 1.165) is 19.6 Å². The summed E-state index contributed by atoms with van der Waals surface area (Å²) in [5.74, 6) is 0.680. The van der Waals surface area contributed by atoms with Gasteiger partial charge in [0.25, 0.3) is 0 Å². The van der Waals surface area contributed by atoms with Crippen LogP contribution in [0.1, 0.15) is 25.5 Å². The van der Waals surface area contributed by atoms with Gasteiger partial charge in [-0.2, -0.15) is 0 Å². The molecule has 2 unspecified atom stereocenters. The summed E-state index contributed by atoms with van der Waals surface area (Å²) in [7, 11) is 0. The van der Waals surface area contributed by atoms with Crippen molar-refractivity contribution in [3.05, 3.63) is 16.6 Å². The van der Waals surface area contributed by atoms with Gasteiger partial charge in [-0.1, -0.05) is 0 Å². The topological polar surface area (TPSA) is 42.1 Å². The van der Waals surface area contributed by atoms with Crippen LogP contribution < -0.4 is 5.73 Å². The number of rotatable bonds is 3. The summed E-state index contributed by atoms with van der Waals surface area (Å²) in [5, 5.41) is 2.14. The van der Waals surface area contributed by atoms with Crippen molar-refractivity contribution in [3.8, 4) is 0 Å². The van der Waals surface area contributed by atoms with Crippen molar-refractivity contribution < 1.29 is 0 Å². The molecular weight excluding hydrogens is 206 g/mol. The summed E-state index contributed by atoms with van der Waals surface area (Å²) in [5.41, 5.74) is 8.85. The molecular formula is C11H19N3S. The molecule has 0 aliphatic carbocycles. The highest BCUT2D eigenvalue weighted by Gasteiger charge is 2.24. The average molecular weight is 225 g/mol. The molecule has 0 radical (unpaired) electrons. The fraction of sp³-hybridized carbons (Fsp3) is 0.727. The van der Waals surface area contributed by atoms with Gasteiger partial charge >= 0.3 is 0 Å². The SMILES string of the molecule is CC1CCC(CN)CN1Cc1cscn1. The summed E-state index contributed by atoms with van der Waals surface area (Å²) < 4.78 is 0. The number of hydrogen-bond donors (Lipinski definition) is 1. The Morgan fingerprint density at radius 1 is 1.60 bits per heavy atom. The molecule has 1 fully saturated rings. The fourth-order valence-corrected chi connectivity index (χ4v) is 2.75. The smallest absolute Gasteiger partial charge is 0.0795 e. The molecule has 1 aromatic rings. The zero-order valence-corrected chi connectivity index (χ0v) is 10.0. The first-order chi connectivity index (χ1) is 7.29. The molecule has 2 heterocycles. The summed E-state index contributed by atoms with van der Waals surface area (Å²) in [4.78, 5) is 6.85. The third-order valence-electron chi connectivity index (χ3n) is 3.29. The van der Waals surface area contributed by atoms with Crippen LogP contribution in [0, 0.1) is 5.92 Å². The molecule has 2 N–H and O–H groups in total. The van der Waals surface area contributed by atoms with Crippen LogP contribution >= 0.6 is 11.3 Å². The molecule has 0 amide bonds. The molecule has 1 aliphatic heterocycles. The number of hydrogen-bond acceptors (Lipinski definition) is 4. The van der Waals surface area contributed by atoms with Crippen LogP contribution in [0.4, 0.5) is 0 Å². The molecule has 2 rings (SSSR count). The molecule has 4 heteroatoms. The minimum atomic E-state index is 0.675. The summed E-state index contributed by atoms with van der Waals surface area (Å²) in [6.07, 6.45) is 2.55. The van der Waals surface area contributed by atoms with E-state index in [1.807, 2.05) is 5.51 Å². The Balaban J connectivity index is 1.94. The van der Waals surface area contributed by atoms with Gasteiger partial charge < -0.3 is 5.73 Å². The highest BCUT2D eigenvalue weighted by molar-refractivity contribution is 7.07. The first-order valence-electron chi connectivity index (χ1n) is 5.60. The molecule has 15 heavy (non-hydrogen) atoms. The van der Waals surface area contributed by atoms with Crippen molar-refractivity contribution in [2.75, 3.05) is 13.1 Å². The van der Waals surface area contributed by atoms with Crippen LogP contribution in [-0.4, -0.2) is 29.0 Å². The van der Waals surface area contributed by atoms with Gasteiger partial charge in [-0.3, -0.25) is 4.90 Å². The van der Waals surface area contributed by atoms with Gasteiger partial charge in [0, 0.05) is 24.5 Å². The second-order valence-electron chi connectivity index (χ2n) is 4.44. The van der Waals surface area contributed by atoms with E-state index in [9.17, 15) is 0 Å². The van der Waals surface area contributed by atoms with E-state index in [-0.39, 0.29) is 0 Å². The molecule has 0 saturated carbocycles. The van der Waals surface area contributed by atoms with E-state index in [1.165, 1.54) is 18.5 Å². The predicted molar refractivity (Wildman–Crippen MR) is 63.8 cm³/mol. The lowest BCUT2D eigenvalue weighted by atomic mass is 9.93. The van der Waals surface area contributed by atoms with Gasteiger partial charge in [-0.25, -0.2) is 4.98 Å². The van der Waals surface area contributed by atoms with Crippen LogP contribution in [0.5, 0.6) is 0 Å². The molecule has 0 spiro atoms. The lowest BCUT2D eigenvalue weighted by Gasteiger charge is -2.37. The van der Waals surface area contributed by atoms with Crippen LogP contribution in [0.3, 0.4) is 0 Å². The van der Waals surface area contributed by atoms with E-state index in [2.05, 4.69) is 22.2 Å². The van der Waals surface area contributed by atoms with Gasteiger partial charge in [0.05, 0.1) is 11.2 Å². The molecule has 1 aromatic heterocycles. The Bertz CT molecular complexity index is 286. The van der Waals surface area contributed by atoms with Crippen molar-refractivity contribution in [3.63, 3.8) is 0 Å². The van der Waals surface area contributed by atoms with Crippen molar-refractivity contribution in [1.82, 2.24) is 9.88 Å². The third kappa shape index (κ3) is 2.77. The van der Waals surface area contributed by atoms with E-state index >= 15 is 0 Å². The van der Waals surface area contributed by atoms with Gasteiger partial charge in [0.2, 0.25) is 0 Å². The van der Waals surface area contributed by atoms with Gasteiger partial charge in [0.15, 0.2) is 0 Å². The Labute approximate surface area is 95.3 Å². The molecule has 1 aliphatic rings. The number of aromatic nitrogens is 1. The quantitative estimate of drug-likeness (QED) is 0.851. The first-order valence-corrected chi connectivity index (χ1v) is 6.55. The minimum Gasteiger partial charge on any atom is -0.330 e. The molecule has 0 bridgehead atoms. The van der Waals surface area contributed by atoms with Gasteiger partial charge in [0.1, 0.15) is 0 Å². The second kappa shape index (κ2) is 5.05. The Morgan fingerprint density at radius 2 is 2.47 bits per heavy atom. The van der Waals surface area contributed by atoms with Crippen LogP contribution in [0.25, 0.3) is 0 Å². The molecule has 2 atom stereocenters. The molecule has 1 saturated heterocycles. The summed E-state index contributed by atoms with van der Waals surface area (Å²) in [6.45, 7) is 5.25. The normalized spacial score (nSPS) is 28.1. The largest absolute Gasteiger partial charge is 0.330 e. The third-order valence-corrected chi connectivity index (χ3v) is 3.93. The average Bonchev–Trinajstić information content (AvgIpc) is 2.74. The standard InChI is InChI=1S/C11H19N3S/c1-9-2-3-10(4-12)5-14(9)6-11-7-15-8-13-11/h7-10H,2-6,12H2,1H3. The van der Waals surface area contributed by atoms with Crippen molar-refractivity contribution in [2.24, 2.45) is 11.7 Å². The first kappa shape index (κ1) is 11.0. The predicted octanol–water partition coefficient (Wildman–Crippen LogP) is 1.70. The number of nitrogens with zero attached hydrogens (tertiary/aromatic N) is 2. The van der Waals surface area contributed by atoms with Gasteiger partial charge in [-0.15, -0.1) is 11.3 Å². The molecule has 84 valence electrons. The van der Waals surface area contributed by atoms with E-state index < -0.39 is 0 Å². The summed E-state index contributed by atoms with van der Waals surface area (Å²) >= 11 is 1.67. The summed E-state index contributed by atoms with van der Waals surface area (Å²) in [6, 6.07) is 0.675. The van der Waals surface area contributed by atoms with Crippen LogP contribution in [0.2, 0.25) is 0 Å². The minimum absolute atomic E-state index is 0.675. The number of likely N-dealkylation sites (tertiary alicyclic amines) is 1. The Kier molecular flexibility index (Phi) is 3.72. The Hall–Kier alpha value is -0.450. The van der Waals surface area contributed by atoms with E-state index in [1.54, 1.807) is 11.3 Å². The second-order valence-corrected chi connectivity index (χ2v) is 5.16. The van der Waals surface area contributed by atoms with E-state index in [0.29, 0.717) is 12.0 Å². The molecule has 0 aromatic carbocycles. The zero-order chi connectivity index (χ0) is 10.7. The van der Waals surface area contributed by atoms with Crippen molar-refractivity contribution in [1.29, 1.82) is 0 Å². The highest BCUT2D eigenvalue weighted by atomic mass is 32.1. The highest BCUT2D eigenvalue weighted by Crippen LogP contribution is 2.22. The van der Waals surface area contributed by atoms with Crippen LogP contribution in [-0.2, 0) is 6.54 Å². The maximum absolute atomic E-state index is 5.74. The number of nitrogens with two attached hydrogens (primary N) is 1. The van der Waals surface area contributed by atoms with Crippen molar-refractivity contribution in [2.45, 2.75) is 32.4 Å². The maximum Gasteiger partial charge on any atom is 0.0795 e. The fourth-order valence-electron chi connectivity index (χ4n) is 2.20. The maximum atomic E-state index is 5.74. The Morgan fingerprint density at radius 3 is 3.13 bits per heavy atom. The lowest BCUT2D eigenvalue weighted by Crippen LogP contribution is -2.43. The monoisotopic (exact) mass is 225 g/mol. The lowest BCUT2D eigenvalue weighted by molar-refractivity contribution is 0.112.